The number of nitrogens with zero attached hydrogens (tertiary/aromatic N) is 1. The fraction of sp³-hybridized carbons (Fsp3) is 0.136. The summed E-state index contributed by atoms with van der Waals surface area (Å²) >= 11 is 0. The largest absolute Gasteiger partial charge is 0.320 e. The van der Waals surface area contributed by atoms with Crippen molar-refractivity contribution >= 4 is 17.4 Å². The minimum Gasteiger partial charge on any atom is -0.320 e. The van der Waals surface area contributed by atoms with E-state index >= 15 is 0 Å². The lowest BCUT2D eigenvalue weighted by molar-refractivity contribution is 0.102. The van der Waals surface area contributed by atoms with Gasteiger partial charge in [0.15, 0.2) is 5.78 Å². The van der Waals surface area contributed by atoms with Crippen LogP contribution in [0.3, 0.4) is 0 Å². The molecule has 1 heterocycles. The zero-order chi connectivity index (χ0) is 18.5. The highest BCUT2D eigenvalue weighted by molar-refractivity contribution is 6.10. The van der Waals surface area contributed by atoms with E-state index in [1.54, 1.807) is 42.6 Å². The average Bonchev–Trinajstić information content (AvgIpc) is 2.69. The molecule has 0 atom stereocenters. The number of hydrogen-bond donors (Lipinski definition) is 1. The maximum Gasteiger partial charge on any atom is 0.255 e. The van der Waals surface area contributed by atoms with Gasteiger partial charge >= 0.3 is 0 Å². The summed E-state index contributed by atoms with van der Waals surface area (Å²) < 4.78 is 0. The van der Waals surface area contributed by atoms with Gasteiger partial charge in [0.05, 0.1) is 11.4 Å². The molecule has 0 spiro atoms. The third-order valence-corrected chi connectivity index (χ3v) is 4.26. The van der Waals surface area contributed by atoms with Crippen LogP contribution in [0.1, 0.15) is 44.5 Å². The Morgan fingerprint density at radius 3 is 2.15 bits per heavy atom. The van der Waals surface area contributed by atoms with Crippen LogP contribution in [0.15, 0.2) is 66.9 Å². The number of hydrogen-bond acceptors (Lipinski definition) is 3. The molecule has 0 aliphatic carbocycles. The highest BCUT2D eigenvalue weighted by atomic mass is 16.1. The summed E-state index contributed by atoms with van der Waals surface area (Å²) in [6, 6.07) is 17.7. The van der Waals surface area contributed by atoms with Crippen LogP contribution in [-0.4, -0.2) is 16.7 Å². The molecule has 0 aliphatic heterocycles. The lowest BCUT2D eigenvalue weighted by atomic mass is 10.0. The number of amides is 1. The second kappa shape index (κ2) is 7.74. The Morgan fingerprint density at radius 2 is 1.50 bits per heavy atom. The Hall–Kier alpha value is -3.27. The van der Waals surface area contributed by atoms with Gasteiger partial charge in [-0.1, -0.05) is 49.4 Å². The number of anilines is 1. The second-order valence-corrected chi connectivity index (χ2v) is 6.03. The molecule has 0 radical (unpaired) electrons. The van der Waals surface area contributed by atoms with Gasteiger partial charge in [-0.3, -0.25) is 14.6 Å². The summed E-state index contributed by atoms with van der Waals surface area (Å²) in [6.07, 6.45) is 2.48. The molecule has 26 heavy (non-hydrogen) atoms. The quantitative estimate of drug-likeness (QED) is 0.696. The zero-order valence-electron chi connectivity index (χ0n) is 14.8. The molecule has 1 N–H and O–H groups in total. The van der Waals surface area contributed by atoms with Crippen molar-refractivity contribution in [1.29, 1.82) is 0 Å². The van der Waals surface area contributed by atoms with Crippen molar-refractivity contribution in [2.24, 2.45) is 0 Å². The molecular weight excluding hydrogens is 324 g/mol. The minimum absolute atomic E-state index is 0.0612. The van der Waals surface area contributed by atoms with Gasteiger partial charge in [0.1, 0.15) is 0 Å². The number of nitrogens with one attached hydrogen (secondary N) is 1. The van der Waals surface area contributed by atoms with Gasteiger partial charge in [-0.25, -0.2) is 0 Å². The van der Waals surface area contributed by atoms with Crippen molar-refractivity contribution in [2.45, 2.75) is 20.3 Å². The summed E-state index contributed by atoms with van der Waals surface area (Å²) in [6.45, 7) is 3.94. The van der Waals surface area contributed by atoms with E-state index in [4.69, 9.17) is 0 Å². The third kappa shape index (κ3) is 3.70. The van der Waals surface area contributed by atoms with E-state index in [2.05, 4.69) is 10.3 Å². The first-order chi connectivity index (χ1) is 12.6. The van der Waals surface area contributed by atoms with Crippen molar-refractivity contribution in [2.75, 3.05) is 5.32 Å². The number of aryl methyl sites for hydroxylation is 2. The van der Waals surface area contributed by atoms with Crippen molar-refractivity contribution in [3.8, 4) is 0 Å². The predicted molar refractivity (Wildman–Crippen MR) is 103 cm³/mol. The summed E-state index contributed by atoms with van der Waals surface area (Å²) in [5.41, 5.74) is 4.27. The van der Waals surface area contributed by atoms with Gasteiger partial charge in [0, 0.05) is 22.9 Å². The lowest BCUT2D eigenvalue weighted by Crippen LogP contribution is -2.15. The Morgan fingerprint density at radius 1 is 0.885 bits per heavy atom. The average molecular weight is 344 g/mol. The molecule has 3 rings (SSSR count). The van der Waals surface area contributed by atoms with E-state index < -0.39 is 0 Å². The van der Waals surface area contributed by atoms with Gasteiger partial charge in [0.2, 0.25) is 0 Å². The summed E-state index contributed by atoms with van der Waals surface area (Å²) in [7, 11) is 0. The molecule has 4 heteroatoms. The Bertz CT molecular complexity index is 932. The van der Waals surface area contributed by atoms with E-state index in [1.165, 1.54) is 0 Å². The first-order valence-electron chi connectivity index (χ1n) is 8.55. The molecule has 130 valence electrons. The van der Waals surface area contributed by atoms with E-state index in [0.717, 1.165) is 23.4 Å². The van der Waals surface area contributed by atoms with Crippen molar-refractivity contribution in [1.82, 2.24) is 4.98 Å². The number of ketones is 1. The van der Waals surface area contributed by atoms with E-state index in [9.17, 15) is 9.59 Å². The fourth-order valence-corrected chi connectivity index (χ4v) is 2.77. The predicted octanol–water partition coefficient (Wildman–Crippen LogP) is 4.44. The lowest BCUT2D eigenvalue weighted by Gasteiger charge is -2.12. The number of rotatable bonds is 5. The van der Waals surface area contributed by atoms with Crippen LogP contribution in [0.4, 0.5) is 5.69 Å². The molecule has 0 unspecified atom stereocenters. The maximum atomic E-state index is 12.6. The molecule has 3 aromatic rings. The van der Waals surface area contributed by atoms with Gasteiger partial charge < -0.3 is 5.32 Å². The second-order valence-electron chi connectivity index (χ2n) is 6.03. The molecule has 0 saturated heterocycles. The monoisotopic (exact) mass is 344 g/mol. The standard InChI is InChI=1S/C22H20N2O2/c1-3-19-20(15(2)13-14-23-19)24-22(26)18-11-9-17(10-12-18)21(25)16-7-5-4-6-8-16/h4-14H,3H2,1-2H3,(H,24,26). The van der Waals surface area contributed by atoms with Crippen molar-refractivity contribution < 1.29 is 9.59 Å². The van der Waals surface area contributed by atoms with E-state index in [0.29, 0.717) is 16.7 Å². The van der Waals surface area contributed by atoms with Crippen LogP contribution < -0.4 is 5.32 Å². The van der Waals surface area contributed by atoms with Crippen LogP contribution in [0.2, 0.25) is 0 Å². The SMILES string of the molecule is CCc1nccc(C)c1NC(=O)c1ccc(C(=O)c2ccccc2)cc1. The third-order valence-electron chi connectivity index (χ3n) is 4.26. The molecular formula is C22H20N2O2. The van der Waals surface area contributed by atoms with E-state index in [-0.39, 0.29) is 11.7 Å². The van der Waals surface area contributed by atoms with Gasteiger partial charge in [0.25, 0.3) is 5.91 Å². The van der Waals surface area contributed by atoms with Crippen LogP contribution in [0.25, 0.3) is 0 Å². The van der Waals surface area contributed by atoms with Crippen LogP contribution >= 0.6 is 0 Å². The smallest absolute Gasteiger partial charge is 0.255 e. The molecule has 1 amide bonds. The van der Waals surface area contributed by atoms with Crippen molar-refractivity contribution in [3.63, 3.8) is 0 Å². The molecule has 0 bridgehead atoms. The Kier molecular flexibility index (Phi) is 5.23. The number of aromatic nitrogens is 1. The minimum atomic E-state index is -0.213. The Labute approximate surface area is 152 Å². The number of benzene rings is 2. The van der Waals surface area contributed by atoms with Gasteiger partial charge in [-0.2, -0.15) is 0 Å². The molecule has 4 nitrogen and oxygen atoms in total. The van der Waals surface area contributed by atoms with Gasteiger partial charge in [-0.15, -0.1) is 0 Å². The molecule has 1 aromatic heterocycles. The fourth-order valence-electron chi connectivity index (χ4n) is 2.77. The molecule has 0 saturated carbocycles. The summed E-state index contributed by atoms with van der Waals surface area (Å²) in [5.74, 6) is -0.275. The van der Waals surface area contributed by atoms with Crippen LogP contribution in [0.5, 0.6) is 0 Å². The molecule has 0 aliphatic rings. The first-order valence-corrected chi connectivity index (χ1v) is 8.55. The van der Waals surface area contributed by atoms with Crippen LogP contribution in [0, 0.1) is 6.92 Å². The number of carbonyl (C=O) groups excluding carboxylic acids is 2. The van der Waals surface area contributed by atoms with Crippen molar-refractivity contribution in [3.05, 3.63) is 94.8 Å². The Balaban J connectivity index is 1.79. The highest BCUT2D eigenvalue weighted by Crippen LogP contribution is 2.20. The highest BCUT2D eigenvalue weighted by Gasteiger charge is 2.13. The molecule has 2 aromatic carbocycles. The topological polar surface area (TPSA) is 59.1 Å². The number of carbonyl (C=O) groups is 2. The summed E-state index contributed by atoms with van der Waals surface area (Å²) in [4.78, 5) is 29.3. The normalized spacial score (nSPS) is 10.4. The zero-order valence-corrected chi connectivity index (χ0v) is 14.8. The number of pyridine rings is 1. The van der Waals surface area contributed by atoms with Crippen LogP contribution in [-0.2, 0) is 6.42 Å². The molecule has 0 fully saturated rings. The van der Waals surface area contributed by atoms with E-state index in [1.807, 2.05) is 38.1 Å². The summed E-state index contributed by atoms with van der Waals surface area (Å²) in [5, 5.41) is 2.94. The maximum absolute atomic E-state index is 12.6. The van der Waals surface area contributed by atoms with Gasteiger partial charge in [-0.05, 0) is 37.1 Å². The first kappa shape index (κ1) is 17.5.